The summed E-state index contributed by atoms with van der Waals surface area (Å²) < 4.78 is 8.80. The van der Waals surface area contributed by atoms with E-state index in [2.05, 4.69) is 36.7 Å². The van der Waals surface area contributed by atoms with E-state index in [1.165, 1.54) is 0 Å². The molecule has 25 heavy (non-hydrogen) atoms. The second kappa shape index (κ2) is 18.1. The molecule has 0 aliphatic heterocycles. The quantitative estimate of drug-likeness (QED) is 0.151. The summed E-state index contributed by atoms with van der Waals surface area (Å²) in [7, 11) is 0. The van der Waals surface area contributed by atoms with E-state index in [-0.39, 0.29) is 35.7 Å². The van der Waals surface area contributed by atoms with Gasteiger partial charge in [-0.2, -0.15) is 0 Å². The Kier molecular flexibility index (Phi) is 26.6. The minimum absolute atomic E-state index is 0. The van der Waals surface area contributed by atoms with Gasteiger partial charge in [-0.3, -0.25) is 0 Å². The number of hydrogen-bond acceptors (Lipinski definition) is 9. The molecule has 0 heterocycles. The molecular weight excluding hydrogens is 565 g/mol. The average molecular weight is 589 g/mol. The van der Waals surface area contributed by atoms with Crippen molar-refractivity contribution in [1.29, 1.82) is 0 Å². The molecule has 3 atom stereocenters. The molecule has 0 spiro atoms. The van der Waals surface area contributed by atoms with E-state index >= 15 is 0 Å². The van der Waals surface area contributed by atoms with Crippen molar-refractivity contribution in [2.75, 3.05) is 0 Å². The van der Waals surface area contributed by atoms with Crippen LogP contribution in [0.25, 0.3) is 0 Å². The summed E-state index contributed by atoms with van der Waals surface area (Å²) in [4.78, 5) is 0. The zero-order valence-electron chi connectivity index (χ0n) is 14.7. The molecule has 0 aromatic rings. The van der Waals surface area contributed by atoms with Gasteiger partial charge < -0.3 is 50.3 Å². The molecule has 0 aromatic heterocycles. The predicted octanol–water partition coefficient (Wildman–Crippen LogP) is 5.96. The molecule has 3 unspecified atom stereocenters. The smallest absolute Gasteiger partial charge is 0.709 e. The minimum atomic E-state index is -2.11. The van der Waals surface area contributed by atoms with Crippen LogP contribution >= 0.6 is 50.8 Å². The van der Waals surface area contributed by atoms with Gasteiger partial charge in [-0.05, 0) is 55.5 Å². The van der Waals surface area contributed by atoms with Crippen molar-refractivity contribution in [3.8, 4) is 0 Å². The Labute approximate surface area is 211 Å². The van der Waals surface area contributed by atoms with Gasteiger partial charge in [-0.15, -0.1) is 36.7 Å². The largest absolute Gasteiger partial charge is 3.00 e. The van der Waals surface area contributed by atoms with E-state index in [1.807, 2.05) is 41.5 Å². The maximum atomic E-state index is 5.04. The topological polar surface area (TPSA) is 27.7 Å². The average Bonchev–Trinajstić information content (AvgIpc) is 2.04. The summed E-state index contributed by atoms with van der Waals surface area (Å²) in [5.41, 5.74) is 0. The van der Waals surface area contributed by atoms with Gasteiger partial charge in [0, 0.05) is 0 Å². The van der Waals surface area contributed by atoms with Crippen LogP contribution in [0.5, 0.6) is 0 Å². The first kappa shape index (κ1) is 36.8. The molecule has 0 saturated heterocycles. The van der Waals surface area contributed by atoms with Gasteiger partial charge >= 0.3 is 17.4 Å². The van der Waals surface area contributed by atoms with Crippen LogP contribution in [0.3, 0.4) is 0 Å². The summed E-state index contributed by atoms with van der Waals surface area (Å²) >= 11 is 40.1. The fourth-order valence-electron chi connectivity index (χ4n) is 0.799. The molecule has 0 amide bonds. The Morgan fingerprint density at radius 3 is 0.720 bits per heavy atom. The van der Waals surface area contributed by atoms with Crippen LogP contribution < -0.4 is 0 Å². The van der Waals surface area contributed by atoms with Gasteiger partial charge in [0.2, 0.25) is 0 Å². The fraction of sp³-hybridized carbons (Fsp3) is 1.00. The number of thiol groups is 3. The SMILES string of the molecule is CC(C)OP(=S)([S-])S.CC(C)OP(=S)([S-])S.CC(C)OP(=S)([S-])S.[Al+3]. The van der Waals surface area contributed by atoms with Crippen LogP contribution in [0.1, 0.15) is 41.5 Å². The van der Waals surface area contributed by atoms with Crippen LogP contribution in [-0.4, -0.2) is 35.7 Å². The van der Waals surface area contributed by atoms with E-state index in [9.17, 15) is 0 Å². The summed E-state index contributed by atoms with van der Waals surface area (Å²) in [5.74, 6) is 0. The first-order chi connectivity index (χ1) is 10.2. The number of hydrogen-bond donors (Lipinski definition) is 3. The summed E-state index contributed by atoms with van der Waals surface area (Å²) in [6.45, 7) is 11.4. The second-order valence-corrected chi connectivity index (χ2v) is 29.6. The zero-order valence-corrected chi connectivity index (χ0v) is 26.1. The van der Waals surface area contributed by atoms with Crippen LogP contribution in [0.2, 0.25) is 0 Å². The molecule has 0 N–H and O–H groups in total. The Morgan fingerprint density at radius 2 is 0.720 bits per heavy atom. The molecule has 0 aliphatic carbocycles. The van der Waals surface area contributed by atoms with Crippen molar-refractivity contribution in [1.82, 2.24) is 0 Å². The maximum Gasteiger partial charge on any atom is 3.00 e. The second-order valence-electron chi connectivity index (χ2n) is 4.87. The third-order valence-corrected chi connectivity index (χ3v) is 5.49. The predicted molar refractivity (Wildman–Crippen MR) is 146 cm³/mol. The van der Waals surface area contributed by atoms with Crippen LogP contribution in [0.15, 0.2) is 0 Å². The van der Waals surface area contributed by atoms with Crippen molar-refractivity contribution in [2.45, 2.75) is 59.9 Å². The Bertz CT molecular complexity index is 394. The molecule has 0 aromatic carbocycles. The van der Waals surface area contributed by atoms with Crippen LogP contribution in [-0.2, 0) is 85.7 Å². The van der Waals surface area contributed by atoms with Gasteiger partial charge in [0.1, 0.15) is 0 Å². The van der Waals surface area contributed by atoms with E-state index in [4.69, 9.17) is 85.7 Å². The van der Waals surface area contributed by atoms with Crippen LogP contribution in [0, 0.1) is 0 Å². The first-order valence-corrected chi connectivity index (χ1v) is 21.1. The normalized spacial score (nSPS) is 17.9. The Hall–Kier alpha value is 4.46. The van der Waals surface area contributed by atoms with Crippen molar-refractivity contribution in [3.05, 3.63) is 0 Å². The molecule has 0 aliphatic rings. The van der Waals surface area contributed by atoms with E-state index in [1.54, 1.807) is 0 Å². The zero-order chi connectivity index (χ0) is 20.4. The number of rotatable bonds is 6. The molecule has 0 rings (SSSR count). The first-order valence-electron chi connectivity index (χ1n) is 6.41. The van der Waals surface area contributed by atoms with Crippen molar-refractivity contribution < 1.29 is 13.6 Å². The Morgan fingerprint density at radius 1 is 0.600 bits per heavy atom. The molecule has 0 bridgehead atoms. The van der Waals surface area contributed by atoms with Gasteiger partial charge in [0.25, 0.3) is 0 Å². The third kappa shape index (κ3) is 52.6. The van der Waals surface area contributed by atoms with E-state index < -0.39 is 14.0 Å². The van der Waals surface area contributed by atoms with Crippen molar-refractivity contribution in [3.63, 3.8) is 0 Å². The minimum Gasteiger partial charge on any atom is -0.709 e. The Balaban J connectivity index is -0.000000130. The van der Waals surface area contributed by atoms with Gasteiger partial charge in [0.15, 0.2) is 0 Å². The summed E-state index contributed by atoms with van der Waals surface area (Å²) in [6.07, 6.45) is 0.322. The van der Waals surface area contributed by atoms with E-state index in [0.29, 0.717) is 0 Å². The monoisotopic (exact) mass is 588 g/mol. The maximum absolute atomic E-state index is 5.04. The van der Waals surface area contributed by atoms with Gasteiger partial charge in [-0.1, -0.05) is 35.4 Å². The van der Waals surface area contributed by atoms with Crippen LogP contribution in [0.4, 0.5) is 0 Å². The van der Waals surface area contributed by atoms with Crippen molar-refractivity contribution in [2.24, 2.45) is 0 Å². The fourth-order valence-corrected chi connectivity index (χ4v) is 7.19. The summed E-state index contributed by atoms with van der Waals surface area (Å²) in [6, 6.07) is 0. The molecule has 3 nitrogen and oxygen atoms in total. The van der Waals surface area contributed by atoms with Gasteiger partial charge in [0.05, 0.1) is 18.3 Å². The molecule has 0 saturated carbocycles. The molecule has 16 heteroatoms. The standard InChI is InChI=1S/3C3H9OPS3.Al/c3*1-3(2)4-5(6,7)8;/h3*3H,1-2H3,(H2,6,7,8);/q;;;+3/p-3. The third-order valence-electron chi connectivity index (χ3n) is 1.03. The molecule has 150 valence electrons. The molecule has 0 radical (unpaired) electrons. The van der Waals surface area contributed by atoms with Gasteiger partial charge in [-0.25, -0.2) is 0 Å². The van der Waals surface area contributed by atoms with E-state index in [0.717, 1.165) is 0 Å². The summed E-state index contributed by atoms with van der Waals surface area (Å²) in [5, 5.41) is 0. The molecular formula is C9H24AlO3P3S9. The molecule has 0 fully saturated rings. The van der Waals surface area contributed by atoms with Crippen molar-refractivity contribution >= 4 is 140 Å².